The summed E-state index contributed by atoms with van der Waals surface area (Å²) in [5.41, 5.74) is -0.867. The fourth-order valence-electron chi connectivity index (χ4n) is 1.38. The topological polar surface area (TPSA) is 23.5 Å². The summed E-state index contributed by atoms with van der Waals surface area (Å²) in [5.74, 6) is 2.42. The van der Waals surface area contributed by atoms with Crippen molar-refractivity contribution in [2.75, 3.05) is 13.6 Å². The summed E-state index contributed by atoms with van der Waals surface area (Å²) < 4.78 is 0. The number of likely N-dealkylation sites (tertiary alicyclic amines) is 1. The van der Waals surface area contributed by atoms with Crippen LogP contribution in [0.5, 0.6) is 0 Å². The zero-order valence-electron chi connectivity index (χ0n) is 6.46. The molecule has 56 valence electrons. The van der Waals surface area contributed by atoms with E-state index in [1.165, 1.54) is 0 Å². The van der Waals surface area contributed by atoms with Crippen LogP contribution in [0, 0.1) is 12.3 Å². The minimum atomic E-state index is -0.867. The number of hydrogen-bond acceptors (Lipinski definition) is 2. The Balaban J connectivity index is 2.66. The van der Waals surface area contributed by atoms with Gasteiger partial charge < -0.3 is 5.11 Å². The number of aliphatic hydroxyl groups is 1. The van der Waals surface area contributed by atoms with Gasteiger partial charge in [-0.25, -0.2) is 0 Å². The van der Waals surface area contributed by atoms with E-state index in [9.17, 15) is 5.11 Å². The van der Waals surface area contributed by atoms with E-state index in [-0.39, 0.29) is 0 Å². The first-order chi connectivity index (χ1) is 4.57. The number of β-amino-alcohol motifs (C(OH)–C–C–N with tert-alkyl or cyclic N) is 1. The quantitative estimate of drug-likeness (QED) is 0.480. The molecule has 10 heavy (non-hydrogen) atoms. The fraction of sp³-hybridized carbons (Fsp3) is 0.750. The van der Waals surface area contributed by atoms with Gasteiger partial charge in [0, 0.05) is 19.0 Å². The summed E-state index contributed by atoms with van der Waals surface area (Å²) in [4.78, 5) is 2.07. The number of nitrogens with zero attached hydrogens (tertiary/aromatic N) is 1. The maximum atomic E-state index is 9.56. The molecule has 1 fully saturated rings. The van der Waals surface area contributed by atoms with Gasteiger partial charge in [0.2, 0.25) is 0 Å². The van der Waals surface area contributed by atoms with E-state index in [2.05, 4.69) is 17.7 Å². The van der Waals surface area contributed by atoms with E-state index in [1.54, 1.807) is 0 Å². The Hall–Kier alpha value is -0.520. The molecule has 1 saturated heterocycles. The zero-order chi connectivity index (χ0) is 7.78. The molecule has 2 heteroatoms. The van der Waals surface area contributed by atoms with Crippen molar-refractivity contribution in [2.24, 2.45) is 0 Å². The fourth-order valence-corrected chi connectivity index (χ4v) is 1.38. The Morgan fingerprint density at radius 2 is 2.40 bits per heavy atom. The van der Waals surface area contributed by atoms with Crippen LogP contribution in [0.4, 0.5) is 0 Å². The molecule has 0 bridgehead atoms. The van der Waals surface area contributed by atoms with Gasteiger partial charge in [-0.3, -0.25) is 4.90 Å². The first-order valence-corrected chi connectivity index (χ1v) is 3.48. The predicted octanol–water partition coefficient (Wildman–Crippen LogP) is 0.0747. The van der Waals surface area contributed by atoms with Gasteiger partial charge in [0.05, 0.1) is 0 Å². The van der Waals surface area contributed by atoms with E-state index in [1.807, 2.05) is 7.05 Å². The Labute approximate surface area is 61.8 Å². The Morgan fingerprint density at radius 1 is 1.80 bits per heavy atom. The van der Waals surface area contributed by atoms with Crippen LogP contribution >= 0.6 is 0 Å². The second-order valence-electron chi connectivity index (χ2n) is 3.14. The third-order valence-electron chi connectivity index (χ3n) is 2.17. The molecule has 0 saturated carbocycles. The molecule has 0 aromatic heterocycles. The van der Waals surface area contributed by atoms with Gasteiger partial charge in [0.1, 0.15) is 5.60 Å². The van der Waals surface area contributed by atoms with Crippen molar-refractivity contribution in [1.29, 1.82) is 0 Å². The lowest BCUT2D eigenvalue weighted by Crippen LogP contribution is -2.29. The molecule has 0 aromatic carbocycles. The highest BCUT2D eigenvalue weighted by Crippen LogP contribution is 2.24. The normalized spacial score (nSPS) is 41.6. The van der Waals surface area contributed by atoms with Crippen molar-refractivity contribution in [3.8, 4) is 12.3 Å². The van der Waals surface area contributed by atoms with Gasteiger partial charge in [-0.2, -0.15) is 0 Å². The summed E-state index contributed by atoms with van der Waals surface area (Å²) in [6.07, 6.45) is 5.86. The lowest BCUT2D eigenvalue weighted by Gasteiger charge is -2.13. The van der Waals surface area contributed by atoms with Gasteiger partial charge >= 0.3 is 0 Å². The van der Waals surface area contributed by atoms with Crippen LogP contribution in [0.15, 0.2) is 0 Å². The third kappa shape index (κ3) is 1.16. The molecule has 0 amide bonds. The van der Waals surface area contributed by atoms with Gasteiger partial charge in [-0.1, -0.05) is 5.92 Å². The second-order valence-corrected chi connectivity index (χ2v) is 3.14. The SMILES string of the molecule is C#C[C@@]1(O)C[C@@H](C)N(C)C1. The summed E-state index contributed by atoms with van der Waals surface area (Å²) in [7, 11) is 1.97. The molecule has 2 atom stereocenters. The summed E-state index contributed by atoms with van der Waals surface area (Å²) in [6, 6.07) is 0.404. The maximum Gasteiger partial charge on any atom is 0.139 e. The standard InChI is InChI=1S/C8H13NO/c1-4-8(10)5-7(2)9(3)6-8/h1,7,10H,5-6H2,2-3H3/t7-,8-/m1/s1. The van der Waals surface area contributed by atoms with Gasteiger partial charge in [0.25, 0.3) is 0 Å². The summed E-state index contributed by atoms with van der Waals surface area (Å²) >= 11 is 0. The van der Waals surface area contributed by atoms with E-state index < -0.39 is 5.60 Å². The Morgan fingerprint density at radius 3 is 2.60 bits per heavy atom. The van der Waals surface area contributed by atoms with Crippen LogP contribution in [0.2, 0.25) is 0 Å². The molecule has 0 spiro atoms. The van der Waals surface area contributed by atoms with Crippen molar-refractivity contribution in [3.63, 3.8) is 0 Å². The minimum absolute atomic E-state index is 0.404. The molecule has 1 heterocycles. The third-order valence-corrected chi connectivity index (χ3v) is 2.17. The second kappa shape index (κ2) is 2.26. The Kier molecular flexibility index (Phi) is 1.72. The number of hydrogen-bond donors (Lipinski definition) is 1. The molecule has 0 aliphatic carbocycles. The average molecular weight is 139 g/mol. The predicted molar refractivity (Wildman–Crippen MR) is 40.5 cm³/mol. The van der Waals surface area contributed by atoms with Gasteiger partial charge in [-0.05, 0) is 14.0 Å². The molecule has 1 rings (SSSR count). The molecular weight excluding hydrogens is 126 g/mol. The van der Waals surface area contributed by atoms with Crippen LogP contribution < -0.4 is 0 Å². The molecule has 1 aliphatic heterocycles. The van der Waals surface area contributed by atoms with Crippen LogP contribution in [0.1, 0.15) is 13.3 Å². The molecule has 1 aliphatic rings. The maximum absolute atomic E-state index is 9.56. The molecule has 0 aromatic rings. The lowest BCUT2D eigenvalue weighted by molar-refractivity contribution is 0.112. The smallest absolute Gasteiger partial charge is 0.139 e. The summed E-state index contributed by atoms with van der Waals surface area (Å²) in [6.45, 7) is 2.67. The summed E-state index contributed by atoms with van der Waals surface area (Å²) in [5, 5.41) is 9.56. The van der Waals surface area contributed by atoms with Crippen molar-refractivity contribution < 1.29 is 5.11 Å². The van der Waals surface area contributed by atoms with Crippen molar-refractivity contribution in [1.82, 2.24) is 4.90 Å². The first kappa shape index (κ1) is 7.59. The minimum Gasteiger partial charge on any atom is -0.376 e. The van der Waals surface area contributed by atoms with Crippen LogP contribution in [0.25, 0.3) is 0 Å². The van der Waals surface area contributed by atoms with Crippen molar-refractivity contribution in [2.45, 2.75) is 25.0 Å². The number of terminal acetylenes is 1. The molecular formula is C8H13NO. The van der Waals surface area contributed by atoms with Crippen molar-refractivity contribution in [3.05, 3.63) is 0 Å². The molecule has 2 nitrogen and oxygen atoms in total. The van der Waals surface area contributed by atoms with Crippen LogP contribution in [-0.2, 0) is 0 Å². The highest BCUT2D eigenvalue weighted by molar-refractivity contribution is 5.13. The lowest BCUT2D eigenvalue weighted by atomic mass is 10.0. The van der Waals surface area contributed by atoms with E-state index in [0.717, 1.165) is 0 Å². The highest BCUT2D eigenvalue weighted by Gasteiger charge is 2.36. The molecule has 1 N–H and O–H groups in total. The number of rotatable bonds is 0. The Bertz CT molecular complexity index is 161. The van der Waals surface area contributed by atoms with E-state index in [0.29, 0.717) is 19.0 Å². The van der Waals surface area contributed by atoms with Gasteiger partial charge in [-0.15, -0.1) is 6.42 Å². The largest absolute Gasteiger partial charge is 0.376 e. The van der Waals surface area contributed by atoms with Crippen molar-refractivity contribution >= 4 is 0 Å². The van der Waals surface area contributed by atoms with Crippen LogP contribution in [0.3, 0.4) is 0 Å². The van der Waals surface area contributed by atoms with E-state index >= 15 is 0 Å². The van der Waals surface area contributed by atoms with Gasteiger partial charge in [0.15, 0.2) is 0 Å². The average Bonchev–Trinajstić information content (AvgIpc) is 2.10. The first-order valence-electron chi connectivity index (χ1n) is 3.48. The monoisotopic (exact) mass is 139 g/mol. The number of likely N-dealkylation sites (N-methyl/N-ethyl adjacent to an activating group) is 1. The van der Waals surface area contributed by atoms with E-state index in [4.69, 9.17) is 6.42 Å². The zero-order valence-corrected chi connectivity index (χ0v) is 6.46. The highest BCUT2D eigenvalue weighted by atomic mass is 16.3. The van der Waals surface area contributed by atoms with Crippen LogP contribution in [-0.4, -0.2) is 35.2 Å². The molecule has 0 radical (unpaired) electrons. The molecule has 0 unspecified atom stereocenters.